The lowest BCUT2D eigenvalue weighted by molar-refractivity contribution is -0.148. The molecule has 0 saturated carbocycles. The molecular weight excluding hydrogens is 302 g/mol. The molecule has 0 aliphatic carbocycles. The Hall–Kier alpha value is -2.17. The van der Waals surface area contributed by atoms with E-state index >= 15 is 0 Å². The summed E-state index contributed by atoms with van der Waals surface area (Å²) in [6.07, 6.45) is -0.520. The van der Waals surface area contributed by atoms with Gasteiger partial charge in [-0.3, -0.25) is 4.79 Å². The minimum atomic E-state index is -0.520. The molecule has 2 aromatic rings. The molecule has 2 atom stereocenters. The molecule has 1 fully saturated rings. The Kier molecular flexibility index (Phi) is 5.62. The Morgan fingerprint density at radius 1 is 1.00 bits per heavy atom. The largest absolute Gasteiger partial charge is 0.376 e. The number of carbonyl (C=O) groups is 1. The SMILES string of the molecule is CC(NC(=O)C1COCCO1)C(c1ccccc1)c1ccccc1. The second-order valence-electron chi connectivity index (χ2n) is 6.03. The highest BCUT2D eigenvalue weighted by atomic mass is 16.6. The van der Waals surface area contributed by atoms with Crippen molar-refractivity contribution in [3.63, 3.8) is 0 Å². The zero-order chi connectivity index (χ0) is 16.8. The third kappa shape index (κ3) is 4.02. The van der Waals surface area contributed by atoms with Gasteiger partial charge in [0.15, 0.2) is 6.10 Å². The van der Waals surface area contributed by atoms with E-state index < -0.39 is 6.10 Å². The van der Waals surface area contributed by atoms with E-state index in [0.29, 0.717) is 19.8 Å². The van der Waals surface area contributed by atoms with Gasteiger partial charge in [-0.25, -0.2) is 0 Å². The van der Waals surface area contributed by atoms with Gasteiger partial charge in [0.2, 0.25) is 0 Å². The van der Waals surface area contributed by atoms with Crippen molar-refractivity contribution in [2.45, 2.75) is 25.0 Å². The second kappa shape index (κ2) is 8.08. The van der Waals surface area contributed by atoms with E-state index in [1.165, 1.54) is 11.1 Å². The first-order valence-electron chi connectivity index (χ1n) is 8.35. The molecule has 3 rings (SSSR count). The predicted octanol–water partition coefficient (Wildman–Crippen LogP) is 2.74. The molecule has 0 radical (unpaired) electrons. The number of rotatable bonds is 5. The summed E-state index contributed by atoms with van der Waals surface area (Å²) < 4.78 is 10.8. The van der Waals surface area contributed by atoms with Crippen LogP contribution in [0.25, 0.3) is 0 Å². The quantitative estimate of drug-likeness (QED) is 0.919. The van der Waals surface area contributed by atoms with Crippen LogP contribution in [0.4, 0.5) is 0 Å². The molecule has 1 N–H and O–H groups in total. The number of amides is 1. The summed E-state index contributed by atoms with van der Waals surface area (Å²) in [5.41, 5.74) is 2.36. The average molecular weight is 325 g/mol. The lowest BCUT2D eigenvalue weighted by atomic mass is 9.85. The molecule has 1 heterocycles. The van der Waals surface area contributed by atoms with Gasteiger partial charge in [0.05, 0.1) is 19.8 Å². The van der Waals surface area contributed by atoms with Crippen LogP contribution in [-0.2, 0) is 14.3 Å². The van der Waals surface area contributed by atoms with E-state index in [0.717, 1.165) is 0 Å². The van der Waals surface area contributed by atoms with Crippen LogP contribution in [0.5, 0.6) is 0 Å². The topological polar surface area (TPSA) is 47.6 Å². The lowest BCUT2D eigenvalue weighted by Gasteiger charge is -2.29. The third-order valence-corrected chi connectivity index (χ3v) is 4.30. The Labute approximate surface area is 142 Å². The van der Waals surface area contributed by atoms with Gasteiger partial charge in [0, 0.05) is 12.0 Å². The number of hydrogen-bond acceptors (Lipinski definition) is 3. The minimum Gasteiger partial charge on any atom is -0.376 e. The maximum Gasteiger partial charge on any atom is 0.251 e. The Bertz CT molecular complexity index is 599. The van der Waals surface area contributed by atoms with E-state index in [9.17, 15) is 4.79 Å². The van der Waals surface area contributed by atoms with E-state index in [1.54, 1.807) is 0 Å². The fourth-order valence-electron chi connectivity index (χ4n) is 3.13. The van der Waals surface area contributed by atoms with Gasteiger partial charge in [-0.15, -0.1) is 0 Å². The van der Waals surface area contributed by atoms with Gasteiger partial charge in [0.1, 0.15) is 0 Å². The van der Waals surface area contributed by atoms with Crippen LogP contribution in [0, 0.1) is 0 Å². The third-order valence-electron chi connectivity index (χ3n) is 4.30. The Morgan fingerprint density at radius 3 is 2.08 bits per heavy atom. The van der Waals surface area contributed by atoms with Crippen molar-refractivity contribution in [2.75, 3.05) is 19.8 Å². The van der Waals surface area contributed by atoms with Gasteiger partial charge in [-0.1, -0.05) is 60.7 Å². The molecule has 126 valence electrons. The van der Waals surface area contributed by atoms with E-state index in [-0.39, 0.29) is 17.9 Å². The van der Waals surface area contributed by atoms with Crippen LogP contribution in [0.15, 0.2) is 60.7 Å². The second-order valence-corrected chi connectivity index (χ2v) is 6.03. The lowest BCUT2D eigenvalue weighted by Crippen LogP contribution is -2.47. The number of benzene rings is 2. The molecule has 4 heteroatoms. The first-order chi connectivity index (χ1) is 11.8. The molecular formula is C20H23NO3. The molecule has 0 bridgehead atoms. The van der Waals surface area contributed by atoms with Crippen molar-refractivity contribution in [1.82, 2.24) is 5.32 Å². The van der Waals surface area contributed by atoms with E-state index in [1.807, 2.05) is 43.3 Å². The first kappa shape index (κ1) is 16.7. The zero-order valence-corrected chi connectivity index (χ0v) is 13.9. The zero-order valence-electron chi connectivity index (χ0n) is 13.9. The summed E-state index contributed by atoms with van der Waals surface area (Å²) in [6.45, 7) is 3.37. The van der Waals surface area contributed by atoms with Crippen LogP contribution in [-0.4, -0.2) is 37.9 Å². The number of nitrogens with one attached hydrogen (secondary N) is 1. The van der Waals surface area contributed by atoms with Gasteiger partial charge >= 0.3 is 0 Å². The summed E-state index contributed by atoms with van der Waals surface area (Å²) in [4.78, 5) is 12.5. The van der Waals surface area contributed by atoms with Gasteiger partial charge in [-0.2, -0.15) is 0 Å². The summed E-state index contributed by atoms with van der Waals surface area (Å²) >= 11 is 0. The number of hydrogen-bond donors (Lipinski definition) is 1. The molecule has 2 unspecified atom stereocenters. The summed E-state index contributed by atoms with van der Waals surface area (Å²) in [6, 6.07) is 20.4. The van der Waals surface area contributed by atoms with Crippen molar-refractivity contribution in [3.05, 3.63) is 71.8 Å². The summed E-state index contributed by atoms with van der Waals surface area (Å²) in [5, 5.41) is 3.10. The van der Waals surface area contributed by atoms with Crippen LogP contribution >= 0.6 is 0 Å². The van der Waals surface area contributed by atoms with Crippen LogP contribution < -0.4 is 5.32 Å². The van der Waals surface area contributed by atoms with Gasteiger partial charge in [0.25, 0.3) is 5.91 Å². The molecule has 1 aliphatic heterocycles. The highest BCUT2D eigenvalue weighted by Crippen LogP contribution is 2.28. The van der Waals surface area contributed by atoms with Crippen molar-refractivity contribution < 1.29 is 14.3 Å². The highest BCUT2D eigenvalue weighted by molar-refractivity contribution is 5.81. The van der Waals surface area contributed by atoms with E-state index in [2.05, 4.69) is 29.6 Å². The first-order valence-corrected chi connectivity index (χ1v) is 8.35. The maximum absolute atomic E-state index is 12.5. The van der Waals surface area contributed by atoms with Gasteiger partial charge in [-0.05, 0) is 18.1 Å². The molecule has 1 saturated heterocycles. The minimum absolute atomic E-state index is 0.0622. The van der Waals surface area contributed by atoms with Crippen LogP contribution in [0.2, 0.25) is 0 Å². The molecule has 24 heavy (non-hydrogen) atoms. The molecule has 4 nitrogen and oxygen atoms in total. The molecule has 0 spiro atoms. The molecule has 1 amide bonds. The van der Waals surface area contributed by atoms with Crippen molar-refractivity contribution in [3.8, 4) is 0 Å². The number of ether oxygens (including phenoxy) is 2. The fraction of sp³-hybridized carbons (Fsp3) is 0.350. The maximum atomic E-state index is 12.5. The smallest absolute Gasteiger partial charge is 0.251 e. The highest BCUT2D eigenvalue weighted by Gasteiger charge is 2.28. The monoisotopic (exact) mass is 325 g/mol. The number of carbonyl (C=O) groups excluding carboxylic acids is 1. The summed E-state index contributed by atoms with van der Waals surface area (Å²) in [5.74, 6) is -0.0279. The molecule has 1 aliphatic rings. The van der Waals surface area contributed by atoms with Crippen molar-refractivity contribution in [1.29, 1.82) is 0 Å². The van der Waals surface area contributed by atoms with Crippen LogP contribution in [0.1, 0.15) is 24.0 Å². The van der Waals surface area contributed by atoms with Crippen LogP contribution in [0.3, 0.4) is 0 Å². The fourth-order valence-corrected chi connectivity index (χ4v) is 3.13. The van der Waals surface area contributed by atoms with Gasteiger partial charge < -0.3 is 14.8 Å². The Morgan fingerprint density at radius 2 is 1.58 bits per heavy atom. The average Bonchev–Trinajstić information content (AvgIpc) is 2.64. The van der Waals surface area contributed by atoms with E-state index in [4.69, 9.17) is 9.47 Å². The predicted molar refractivity (Wildman–Crippen MR) is 92.9 cm³/mol. The normalized spacial score (nSPS) is 19.0. The van der Waals surface area contributed by atoms with Crippen molar-refractivity contribution in [2.24, 2.45) is 0 Å². The van der Waals surface area contributed by atoms with Crippen molar-refractivity contribution >= 4 is 5.91 Å². The standard InChI is InChI=1S/C20H23NO3/c1-15(21-20(22)18-14-23-12-13-24-18)19(16-8-4-2-5-9-16)17-10-6-3-7-11-17/h2-11,15,18-19H,12-14H2,1H3,(H,21,22). The molecule has 0 aromatic heterocycles. The molecule has 2 aromatic carbocycles. The summed E-state index contributed by atoms with van der Waals surface area (Å²) in [7, 11) is 0. The Balaban J connectivity index is 1.79.